The average Bonchev–Trinajstić information content (AvgIpc) is 2.47. The molecule has 0 spiro atoms. The Kier molecular flexibility index (Phi) is 17.6. The fourth-order valence-electron chi connectivity index (χ4n) is 2.05. The zero-order valence-electron chi connectivity index (χ0n) is 13.0. The number of thioether (sulfide) groups is 1. The first-order valence-corrected chi connectivity index (χ1v) is 10.4. The zero-order valence-corrected chi connectivity index (χ0v) is 15.4. The molecule has 0 aliphatic rings. The Balaban J connectivity index is 2.97. The second-order valence-corrected chi connectivity index (χ2v) is 6.93. The van der Waals surface area contributed by atoms with Crippen LogP contribution in [0.15, 0.2) is 0 Å². The molecule has 0 N–H and O–H groups in total. The number of hydrogen-bond acceptors (Lipinski definition) is 3. The standard InChI is InChI=1S/C16H31BrO2S/c1-2-3-4-5-6-7-8-9-10-11-13-20-14-12-19-16(18)15-17/h2-15H2,1H3. The van der Waals surface area contributed by atoms with E-state index in [1.54, 1.807) is 0 Å². The van der Waals surface area contributed by atoms with Gasteiger partial charge in [-0.2, -0.15) is 11.8 Å². The molecule has 0 bridgehead atoms. The van der Waals surface area contributed by atoms with Gasteiger partial charge in [0.15, 0.2) is 0 Å². The van der Waals surface area contributed by atoms with Crippen molar-refractivity contribution < 1.29 is 9.53 Å². The van der Waals surface area contributed by atoms with Crippen molar-refractivity contribution in [1.82, 2.24) is 0 Å². The highest BCUT2D eigenvalue weighted by Gasteiger charge is 1.98. The molecule has 4 heteroatoms. The number of esters is 1. The van der Waals surface area contributed by atoms with Crippen LogP contribution in [0.4, 0.5) is 0 Å². The highest BCUT2D eigenvalue weighted by atomic mass is 79.9. The Morgan fingerprint density at radius 3 is 2.00 bits per heavy atom. The summed E-state index contributed by atoms with van der Waals surface area (Å²) in [6.45, 7) is 2.82. The maximum absolute atomic E-state index is 10.9. The lowest BCUT2D eigenvalue weighted by Gasteiger charge is -2.04. The van der Waals surface area contributed by atoms with E-state index in [1.807, 2.05) is 11.8 Å². The molecule has 0 atom stereocenters. The van der Waals surface area contributed by atoms with Gasteiger partial charge in [-0.05, 0) is 12.2 Å². The average molecular weight is 367 g/mol. The number of alkyl halides is 1. The number of carbonyl (C=O) groups excluding carboxylic acids is 1. The van der Waals surface area contributed by atoms with E-state index < -0.39 is 0 Å². The highest BCUT2D eigenvalue weighted by molar-refractivity contribution is 9.09. The molecule has 0 saturated heterocycles. The summed E-state index contributed by atoms with van der Waals surface area (Å²) in [7, 11) is 0. The van der Waals surface area contributed by atoms with E-state index in [1.165, 1.54) is 70.0 Å². The summed E-state index contributed by atoms with van der Waals surface area (Å²) in [5.74, 6) is 1.96. The number of unbranched alkanes of at least 4 members (excludes halogenated alkanes) is 9. The van der Waals surface area contributed by atoms with Crippen LogP contribution in [0.1, 0.15) is 71.1 Å². The van der Waals surface area contributed by atoms with Crippen LogP contribution in [0.5, 0.6) is 0 Å². The molecule has 0 heterocycles. The fraction of sp³-hybridized carbons (Fsp3) is 0.938. The van der Waals surface area contributed by atoms with E-state index in [9.17, 15) is 4.79 Å². The highest BCUT2D eigenvalue weighted by Crippen LogP contribution is 2.12. The van der Waals surface area contributed by atoms with Gasteiger partial charge in [0.05, 0.1) is 0 Å². The summed E-state index contributed by atoms with van der Waals surface area (Å²) >= 11 is 4.97. The van der Waals surface area contributed by atoms with Crippen molar-refractivity contribution in [2.45, 2.75) is 71.1 Å². The van der Waals surface area contributed by atoms with Crippen LogP contribution >= 0.6 is 27.7 Å². The lowest BCUT2D eigenvalue weighted by atomic mass is 10.1. The molecule has 0 aromatic heterocycles. The van der Waals surface area contributed by atoms with Gasteiger partial charge in [-0.1, -0.05) is 80.6 Å². The molecular formula is C16H31BrO2S. The normalized spacial score (nSPS) is 10.7. The smallest absolute Gasteiger partial charge is 0.316 e. The molecule has 0 fully saturated rings. The van der Waals surface area contributed by atoms with Crippen molar-refractivity contribution in [3.63, 3.8) is 0 Å². The predicted octanol–water partition coefficient (Wildman–Crippen LogP) is 5.58. The quantitative estimate of drug-likeness (QED) is 0.215. The Morgan fingerprint density at radius 1 is 0.900 bits per heavy atom. The van der Waals surface area contributed by atoms with E-state index in [2.05, 4.69) is 22.9 Å². The molecule has 120 valence electrons. The zero-order chi connectivity index (χ0) is 14.9. The second-order valence-electron chi connectivity index (χ2n) is 5.15. The molecule has 0 aliphatic carbocycles. The van der Waals surface area contributed by atoms with Crippen LogP contribution < -0.4 is 0 Å². The molecule has 0 amide bonds. The monoisotopic (exact) mass is 366 g/mol. The van der Waals surface area contributed by atoms with Crippen molar-refractivity contribution in [2.24, 2.45) is 0 Å². The number of rotatable bonds is 15. The summed E-state index contributed by atoms with van der Waals surface area (Å²) in [5, 5.41) is 0.302. The summed E-state index contributed by atoms with van der Waals surface area (Å²) in [6.07, 6.45) is 13.9. The first-order valence-electron chi connectivity index (χ1n) is 8.10. The summed E-state index contributed by atoms with van der Waals surface area (Å²) < 4.78 is 4.98. The van der Waals surface area contributed by atoms with Gasteiger partial charge in [0, 0.05) is 5.75 Å². The van der Waals surface area contributed by atoms with Crippen molar-refractivity contribution >= 4 is 33.7 Å². The minimum Gasteiger partial charge on any atom is -0.464 e. The second kappa shape index (κ2) is 17.4. The van der Waals surface area contributed by atoms with E-state index in [0.29, 0.717) is 11.9 Å². The fourth-order valence-corrected chi connectivity index (χ4v) is 3.02. The van der Waals surface area contributed by atoms with Gasteiger partial charge < -0.3 is 4.74 Å². The largest absolute Gasteiger partial charge is 0.464 e. The molecule has 0 aromatic carbocycles. The topological polar surface area (TPSA) is 26.3 Å². The minimum absolute atomic E-state index is 0.162. The molecule has 0 aliphatic heterocycles. The van der Waals surface area contributed by atoms with E-state index in [4.69, 9.17) is 4.74 Å². The molecule has 0 aromatic rings. The van der Waals surface area contributed by atoms with E-state index in [0.717, 1.165) is 5.75 Å². The van der Waals surface area contributed by atoms with Gasteiger partial charge in [-0.25, -0.2) is 0 Å². The molecular weight excluding hydrogens is 336 g/mol. The lowest BCUT2D eigenvalue weighted by Crippen LogP contribution is -2.08. The van der Waals surface area contributed by atoms with Crippen LogP contribution in [0.25, 0.3) is 0 Å². The van der Waals surface area contributed by atoms with Crippen molar-refractivity contribution in [3.05, 3.63) is 0 Å². The molecule has 0 radical (unpaired) electrons. The molecule has 2 nitrogen and oxygen atoms in total. The maximum Gasteiger partial charge on any atom is 0.316 e. The summed E-state index contributed by atoms with van der Waals surface area (Å²) in [4.78, 5) is 10.9. The third-order valence-electron chi connectivity index (χ3n) is 3.24. The van der Waals surface area contributed by atoms with Crippen LogP contribution in [-0.4, -0.2) is 29.4 Å². The molecule has 0 unspecified atom stereocenters. The number of carbonyl (C=O) groups is 1. The van der Waals surface area contributed by atoms with Gasteiger partial charge in [0.1, 0.15) is 11.9 Å². The molecule has 0 rings (SSSR count). The third-order valence-corrected chi connectivity index (χ3v) is 4.73. The third kappa shape index (κ3) is 16.4. The van der Waals surface area contributed by atoms with Gasteiger partial charge in [0.25, 0.3) is 0 Å². The Bertz CT molecular complexity index is 213. The van der Waals surface area contributed by atoms with Crippen molar-refractivity contribution in [2.75, 3.05) is 23.4 Å². The van der Waals surface area contributed by atoms with E-state index >= 15 is 0 Å². The van der Waals surface area contributed by atoms with Crippen molar-refractivity contribution in [1.29, 1.82) is 0 Å². The number of ether oxygens (including phenoxy) is 1. The SMILES string of the molecule is CCCCCCCCCCCCSCCOC(=O)CBr. The van der Waals surface area contributed by atoms with Crippen molar-refractivity contribution in [3.8, 4) is 0 Å². The van der Waals surface area contributed by atoms with Crippen LogP contribution in [0.3, 0.4) is 0 Å². The van der Waals surface area contributed by atoms with Gasteiger partial charge >= 0.3 is 5.97 Å². The summed E-state index contributed by atoms with van der Waals surface area (Å²) in [5.41, 5.74) is 0. The Hall–Kier alpha value is 0.300. The Morgan fingerprint density at radius 2 is 1.45 bits per heavy atom. The van der Waals surface area contributed by atoms with E-state index in [-0.39, 0.29) is 5.97 Å². The van der Waals surface area contributed by atoms with Crippen LogP contribution in [-0.2, 0) is 9.53 Å². The van der Waals surface area contributed by atoms with Gasteiger partial charge in [-0.3, -0.25) is 4.79 Å². The summed E-state index contributed by atoms with van der Waals surface area (Å²) in [6, 6.07) is 0. The molecule has 0 saturated carbocycles. The van der Waals surface area contributed by atoms with Crippen LogP contribution in [0.2, 0.25) is 0 Å². The Labute approximate surface area is 137 Å². The minimum atomic E-state index is -0.162. The lowest BCUT2D eigenvalue weighted by molar-refractivity contribution is -0.139. The number of hydrogen-bond donors (Lipinski definition) is 0. The first kappa shape index (κ1) is 20.3. The predicted molar refractivity (Wildman–Crippen MR) is 93.9 cm³/mol. The number of halogens is 1. The maximum atomic E-state index is 10.9. The first-order chi connectivity index (χ1) is 9.81. The molecule has 20 heavy (non-hydrogen) atoms. The van der Waals surface area contributed by atoms with Gasteiger partial charge in [-0.15, -0.1) is 0 Å². The van der Waals surface area contributed by atoms with Crippen LogP contribution in [0, 0.1) is 0 Å². The van der Waals surface area contributed by atoms with Gasteiger partial charge in [0.2, 0.25) is 0 Å².